The third kappa shape index (κ3) is 2.95. The third-order valence-corrected chi connectivity index (χ3v) is 5.37. The highest BCUT2D eigenvalue weighted by Crippen LogP contribution is 2.33. The van der Waals surface area contributed by atoms with Gasteiger partial charge in [0.15, 0.2) is 0 Å². The second-order valence-corrected chi connectivity index (χ2v) is 6.87. The lowest BCUT2D eigenvalue weighted by Crippen LogP contribution is -2.41. The summed E-state index contributed by atoms with van der Waals surface area (Å²) in [4.78, 5) is 18.3. The van der Waals surface area contributed by atoms with Crippen molar-refractivity contribution in [2.45, 2.75) is 46.1 Å². The summed E-state index contributed by atoms with van der Waals surface area (Å²) in [5.74, 6) is 0.240. The Kier molecular flexibility index (Phi) is 4.34. The molecule has 0 unspecified atom stereocenters. The van der Waals surface area contributed by atoms with Gasteiger partial charge >= 0.3 is 0 Å². The summed E-state index contributed by atoms with van der Waals surface area (Å²) in [5.41, 5.74) is 3.49. The number of aromatic nitrogens is 1. The Morgan fingerprint density at radius 1 is 1.32 bits per heavy atom. The second kappa shape index (κ2) is 6.24. The van der Waals surface area contributed by atoms with E-state index in [2.05, 4.69) is 31.0 Å². The van der Waals surface area contributed by atoms with E-state index in [0.29, 0.717) is 6.42 Å². The minimum absolute atomic E-state index is 0.169. The molecule has 5 heteroatoms. The average molecular weight is 318 g/mol. The number of piperidine rings is 1. The summed E-state index contributed by atoms with van der Waals surface area (Å²) < 4.78 is 7.30. The summed E-state index contributed by atoms with van der Waals surface area (Å²) in [6, 6.07) is 4.24. The number of carbonyl (C=O) groups excluding carboxylic acids is 1. The third-order valence-electron chi connectivity index (χ3n) is 4.29. The van der Waals surface area contributed by atoms with E-state index in [0.717, 1.165) is 36.6 Å². The number of benzene rings is 1. The van der Waals surface area contributed by atoms with Gasteiger partial charge in [-0.1, -0.05) is 30.4 Å². The number of hydrogen-bond acceptors (Lipinski definition) is 4. The molecule has 0 spiro atoms. The molecule has 0 radical (unpaired) electrons. The van der Waals surface area contributed by atoms with Gasteiger partial charge in [0.2, 0.25) is 5.91 Å². The van der Waals surface area contributed by atoms with E-state index < -0.39 is 0 Å². The molecule has 0 saturated carbocycles. The van der Waals surface area contributed by atoms with E-state index in [1.54, 1.807) is 11.3 Å². The van der Waals surface area contributed by atoms with Crippen molar-refractivity contribution < 1.29 is 9.53 Å². The van der Waals surface area contributed by atoms with Crippen LogP contribution in [0.1, 0.15) is 37.3 Å². The molecule has 1 aliphatic heterocycles. The van der Waals surface area contributed by atoms with Gasteiger partial charge in [-0.05, 0) is 25.0 Å². The summed E-state index contributed by atoms with van der Waals surface area (Å²) in [6.07, 6.45) is 2.53. The maximum Gasteiger partial charge on any atom is 0.274 e. The largest absolute Gasteiger partial charge is 0.467 e. The van der Waals surface area contributed by atoms with Gasteiger partial charge < -0.3 is 9.64 Å². The van der Waals surface area contributed by atoms with Gasteiger partial charge in [-0.25, -0.2) is 4.98 Å². The summed E-state index contributed by atoms with van der Waals surface area (Å²) in [5, 5.41) is 0.757. The zero-order chi connectivity index (χ0) is 15.7. The molecule has 1 fully saturated rings. The normalized spacial score (nSPS) is 16.2. The van der Waals surface area contributed by atoms with Gasteiger partial charge in [0.25, 0.3) is 5.19 Å². The van der Waals surface area contributed by atoms with E-state index in [1.807, 2.05) is 11.8 Å². The Morgan fingerprint density at radius 2 is 2.00 bits per heavy atom. The van der Waals surface area contributed by atoms with Crippen molar-refractivity contribution in [3.05, 3.63) is 23.3 Å². The van der Waals surface area contributed by atoms with Crippen LogP contribution in [0, 0.1) is 13.8 Å². The van der Waals surface area contributed by atoms with Crippen molar-refractivity contribution in [2.24, 2.45) is 0 Å². The molecule has 4 nitrogen and oxygen atoms in total. The van der Waals surface area contributed by atoms with E-state index in [1.165, 1.54) is 15.8 Å². The highest BCUT2D eigenvalue weighted by molar-refractivity contribution is 7.20. The van der Waals surface area contributed by atoms with Crippen molar-refractivity contribution in [1.29, 1.82) is 0 Å². The molecule has 0 bridgehead atoms. The molecule has 1 saturated heterocycles. The van der Waals surface area contributed by atoms with Crippen molar-refractivity contribution >= 4 is 27.5 Å². The minimum Gasteiger partial charge on any atom is -0.467 e. The van der Waals surface area contributed by atoms with Gasteiger partial charge in [0, 0.05) is 32.4 Å². The van der Waals surface area contributed by atoms with Crippen molar-refractivity contribution in [2.75, 3.05) is 13.1 Å². The molecular weight excluding hydrogens is 296 g/mol. The van der Waals surface area contributed by atoms with Gasteiger partial charge in [-0.3, -0.25) is 4.79 Å². The lowest BCUT2D eigenvalue weighted by atomic mass is 10.1. The first kappa shape index (κ1) is 15.3. The molecule has 0 N–H and O–H groups in total. The van der Waals surface area contributed by atoms with Crippen molar-refractivity contribution in [3.63, 3.8) is 0 Å². The molecule has 118 valence electrons. The standard InChI is InChI=1S/C17H22N2O2S/c1-4-14(20)19-9-7-13(8-10-19)21-17-18-15-11(2)5-6-12(3)16(15)22-17/h5-6,13H,4,7-10H2,1-3H3. The lowest BCUT2D eigenvalue weighted by Gasteiger charge is -2.31. The van der Waals surface area contributed by atoms with Gasteiger partial charge in [0.05, 0.1) is 10.2 Å². The minimum atomic E-state index is 0.169. The Hall–Kier alpha value is -1.62. The molecule has 2 aromatic rings. The predicted octanol–water partition coefficient (Wildman–Crippen LogP) is 3.69. The van der Waals surface area contributed by atoms with Gasteiger partial charge in [-0.2, -0.15) is 0 Å². The molecule has 1 amide bonds. The van der Waals surface area contributed by atoms with Crippen LogP contribution in [0.4, 0.5) is 0 Å². The second-order valence-electron chi connectivity index (χ2n) is 5.91. The molecule has 3 rings (SSSR count). The van der Waals surface area contributed by atoms with E-state index in [-0.39, 0.29) is 12.0 Å². The molecule has 0 aliphatic carbocycles. The van der Waals surface area contributed by atoms with Crippen molar-refractivity contribution in [1.82, 2.24) is 9.88 Å². The maximum atomic E-state index is 11.7. The number of carbonyl (C=O) groups is 1. The summed E-state index contributed by atoms with van der Waals surface area (Å²) in [7, 11) is 0. The molecular formula is C17H22N2O2S. The first-order valence-electron chi connectivity index (χ1n) is 7.89. The van der Waals surface area contributed by atoms with Crippen LogP contribution in [0.3, 0.4) is 0 Å². The lowest BCUT2D eigenvalue weighted by molar-refractivity contribution is -0.132. The van der Waals surface area contributed by atoms with Crippen LogP contribution in [-0.4, -0.2) is 35.0 Å². The number of aryl methyl sites for hydroxylation is 2. The first-order chi connectivity index (χ1) is 10.6. The quantitative estimate of drug-likeness (QED) is 0.867. The smallest absolute Gasteiger partial charge is 0.274 e. The Balaban J connectivity index is 1.69. The summed E-state index contributed by atoms with van der Waals surface area (Å²) >= 11 is 1.63. The molecule has 1 aromatic carbocycles. The van der Waals surface area contributed by atoms with Crippen LogP contribution >= 0.6 is 11.3 Å². The van der Waals surface area contributed by atoms with Crippen LogP contribution in [0.25, 0.3) is 10.2 Å². The van der Waals surface area contributed by atoms with Crippen LogP contribution in [0.5, 0.6) is 5.19 Å². The SMILES string of the molecule is CCC(=O)N1CCC(Oc2nc3c(C)ccc(C)c3s2)CC1. The maximum absolute atomic E-state index is 11.7. The summed E-state index contributed by atoms with van der Waals surface area (Å²) in [6.45, 7) is 7.69. The number of likely N-dealkylation sites (tertiary alicyclic amines) is 1. The fourth-order valence-electron chi connectivity index (χ4n) is 2.88. The fraction of sp³-hybridized carbons (Fsp3) is 0.529. The van der Waals surface area contributed by atoms with Crippen LogP contribution in [-0.2, 0) is 4.79 Å². The predicted molar refractivity (Wildman–Crippen MR) is 89.6 cm³/mol. The van der Waals surface area contributed by atoms with Crippen LogP contribution in [0.2, 0.25) is 0 Å². The van der Waals surface area contributed by atoms with E-state index in [4.69, 9.17) is 4.74 Å². The molecule has 0 atom stereocenters. The van der Waals surface area contributed by atoms with Gasteiger partial charge in [-0.15, -0.1) is 0 Å². The van der Waals surface area contributed by atoms with E-state index >= 15 is 0 Å². The molecule has 2 heterocycles. The van der Waals surface area contributed by atoms with Crippen LogP contribution in [0.15, 0.2) is 12.1 Å². The number of hydrogen-bond donors (Lipinski definition) is 0. The monoisotopic (exact) mass is 318 g/mol. The fourth-order valence-corrected chi connectivity index (χ4v) is 3.91. The highest BCUT2D eigenvalue weighted by Gasteiger charge is 2.24. The Morgan fingerprint density at radius 3 is 2.64 bits per heavy atom. The average Bonchev–Trinajstić information content (AvgIpc) is 2.96. The number of amides is 1. The number of ether oxygens (including phenoxy) is 1. The molecule has 22 heavy (non-hydrogen) atoms. The highest BCUT2D eigenvalue weighted by atomic mass is 32.1. The van der Waals surface area contributed by atoms with E-state index in [9.17, 15) is 4.79 Å². The topological polar surface area (TPSA) is 42.4 Å². The Bertz CT molecular complexity index is 648. The molecule has 1 aromatic heterocycles. The zero-order valence-corrected chi connectivity index (χ0v) is 14.2. The number of nitrogens with zero attached hydrogens (tertiary/aromatic N) is 2. The number of rotatable bonds is 3. The zero-order valence-electron chi connectivity index (χ0n) is 13.4. The van der Waals surface area contributed by atoms with Crippen molar-refractivity contribution in [3.8, 4) is 5.19 Å². The van der Waals surface area contributed by atoms with Crippen LogP contribution < -0.4 is 4.74 Å². The Labute approximate surface area is 135 Å². The number of thiazole rings is 1. The van der Waals surface area contributed by atoms with Gasteiger partial charge in [0.1, 0.15) is 6.10 Å². The first-order valence-corrected chi connectivity index (χ1v) is 8.71. The molecule has 1 aliphatic rings. The number of fused-ring (bicyclic) bond motifs is 1.